The fourth-order valence-electron chi connectivity index (χ4n) is 2.65. The van der Waals surface area contributed by atoms with Crippen LogP contribution in [0.25, 0.3) is 5.69 Å². The van der Waals surface area contributed by atoms with Crippen LogP contribution in [0, 0.1) is 11.7 Å². The normalized spacial score (nSPS) is 15.4. The molecule has 0 radical (unpaired) electrons. The molecule has 0 aliphatic heterocycles. The minimum Gasteiger partial charge on any atom is -0.391 e. The summed E-state index contributed by atoms with van der Waals surface area (Å²) in [5.74, 6) is -0.233. The summed E-state index contributed by atoms with van der Waals surface area (Å²) in [4.78, 5) is 12.3. The predicted octanol–water partition coefficient (Wildman–Crippen LogP) is 2.07. The van der Waals surface area contributed by atoms with Crippen molar-refractivity contribution in [1.29, 1.82) is 0 Å². The number of aliphatic hydroxyl groups is 1. The summed E-state index contributed by atoms with van der Waals surface area (Å²) in [5.41, 5.74) is 1.95. The zero-order valence-corrected chi connectivity index (χ0v) is 13.0. The molecule has 1 atom stereocenters. The third-order valence-corrected chi connectivity index (χ3v) is 4.16. The van der Waals surface area contributed by atoms with Gasteiger partial charge in [-0.05, 0) is 49.4 Å². The monoisotopic (exact) mass is 317 g/mol. The van der Waals surface area contributed by atoms with E-state index in [0.717, 1.165) is 18.5 Å². The van der Waals surface area contributed by atoms with Crippen LogP contribution in [-0.4, -0.2) is 33.4 Å². The molecule has 1 aromatic carbocycles. The highest BCUT2D eigenvalue weighted by Crippen LogP contribution is 2.32. The standard InChI is InChI=1S/C17H20FN3O2/c1-2-15-14(17(23)19-10-16(22)11-3-4-11)9-20-21(15)13-7-5-12(18)6-8-13/h5-9,11,16,22H,2-4,10H2,1H3,(H,19,23). The number of nitrogens with one attached hydrogen (secondary N) is 1. The van der Waals surface area contributed by atoms with Gasteiger partial charge in [-0.1, -0.05) is 6.92 Å². The van der Waals surface area contributed by atoms with Crippen LogP contribution in [0.3, 0.4) is 0 Å². The first-order valence-corrected chi connectivity index (χ1v) is 7.89. The van der Waals surface area contributed by atoms with Crippen LogP contribution < -0.4 is 5.32 Å². The van der Waals surface area contributed by atoms with Gasteiger partial charge in [0.05, 0.1) is 29.2 Å². The van der Waals surface area contributed by atoms with Crippen LogP contribution in [0.2, 0.25) is 0 Å². The number of nitrogens with zero attached hydrogens (tertiary/aromatic N) is 2. The lowest BCUT2D eigenvalue weighted by molar-refractivity contribution is 0.0900. The van der Waals surface area contributed by atoms with Crippen molar-refractivity contribution < 1.29 is 14.3 Å². The van der Waals surface area contributed by atoms with Crippen molar-refractivity contribution in [1.82, 2.24) is 15.1 Å². The Hall–Kier alpha value is -2.21. The van der Waals surface area contributed by atoms with Crippen molar-refractivity contribution >= 4 is 5.91 Å². The maximum absolute atomic E-state index is 13.0. The van der Waals surface area contributed by atoms with Crippen LogP contribution in [-0.2, 0) is 6.42 Å². The molecule has 122 valence electrons. The summed E-state index contributed by atoms with van der Waals surface area (Å²) < 4.78 is 14.7. The maximum atomic E-state index is 13.0. The lowest BCUT2D eigenvalue weighted by Crippen LogP contribution is -2.33. The molecule has 0 spiro atoms. The SMILES string of the molecule is CCc1c(C(=O)NCC(O)C2CC2)cnn1-c1ccc(F)cc1. The van der Waals surface area contributed by atoms with Gasteiger partial charge in [0.15, 0.2) is 0 Å². The number of hydrogen-bond acceptors (Lipinski definition) is 3. The molecular weight excluding hydrogens is 297 g/mol. The Morgan fingerprint density at radius 3 is 2.74 bits per heavy atom. The smallest absolute Gasteiger partial charge is 0.254 e. The van der Waals surface area contributed by atoms with Gasteiger partial charge in [-0.3, -0.25) is 4.79 Å². The maximum Gasteiger partial charge on any atom is 0.254 e. The molecular formula is C17H20FN3O2. The third-order valence-electron chi connectivity index (χ3n) is 4.16. The first-order chi connectivity index (χ1) is 11.1. The van der Waals surface area contributed by atoms with E-state index in [1.807, 2.05) is 6.92 Å². The van der Waals surface area contributed by atoms with Crippen LogP contribution in [0.15, 0.2) is 30.5 Å². The highest BCUT2D eigenvalue weighted by Gasteiger charge is 2.30. The predicted molar refractivity (Wildman–Crippen MR) is 84.0 cm³/mol. The van der Waals surface area contributed by atoms with Crippen molar-refractivity contribution in [3.63, 3.8) is 0 Å². The Morgan fingerprint density at radius 2 is 2.13 bits per heavy atom. The number of aromatic nitrogens is 2. The summed E-state index contributed by atoms with van der Waals surface area (Å²) in [5, 5.41) is 16.9. The van der Waals surface area contributed by atoms with Gasteiger partial charge in [-0.2, -0.15) is 5.10 Å². The molecule has 23 heavy (non-hydrogen) atoms. The van der Waals surface area contributed by atoms with E-state index in [2.05, 4.69) is 10.4 Å². The Balaban J connectivity index is 1.77. The number of rotatable bonds is 6. The summed E-state index contributed by atoms with van der Waals surface area (Å²) in [7, 11) is 0. The van der Waals surface area contributed by atoms with Crippen molar-refractivity contribution in [2.24, 2.45) is 5.92 Å². The topological polar surface area (TPSA) is 67.2 Å². The average Bonchev–Trinajstić information content (AvgIpc) is 3.32. The zero-order valence-electron chi connectivity index (χ0n) is 13.0. The molecule has 1 amide bonds. The van der Waals surface area contributed by atoms with Gasteiger partial charge in [0.2, 0.25) is 0 Å². The number of carbonyl (C=O) groups is 1. The highest BCUT2D eigenvalue weighted by molar-refractivity contribution is 5.95. The highest BCUT2D eigenvalue weighted by atomic mass is 19.1. The van der Waals surface area contributed by atoms with E-state index in [9.17, 15) is 14.3 Å². The summed E-state index contributed by atoms with van der Waals surface area (Å²) in [6.45, 7) is 2.20. The number of benzene rings is 1. The van der Waals surface area contributed by atoms with Gasteiger partial charge in [-0.15, -0.1) is 0 Å². The van der Waals surface area contributed by atoms with Gasteiger partial charge in [0.25, 0.3) is 5.91 Å². The molecule has 1 aliphatic rings. The number of carbonyl (C=O) groups excluding carboxylic acids is 1. The van der Waals surface area contributed by atoms with Crippen LogP contribution in [0.4, 0.5) is 4.39 Å². The largest absolute Gasteiger partial charge is 0.391 e. The number of hydrogen-bond donors (Lipinski definition) is 2. The molecule has 6 heteroatoms. The van der Waals surface area contributed by atoms with Crippen LogP contribution in [0.5, 0.6) is 0 Å². The van der Waals surface area contributed by atoms with E-state index in [4.69, 9.17) is 0 Å². The second-order valence-electron chi connectivity index (χ2n) is 5.86. The van der Waals surface area contributed by atoms with Crippen LogP contribution in [0.1, 0.15) is 35.8 Å². The Labute approximate surface area is 134 Å². The average molecular weight is 317 g/mol. The molecule has 0 saturated heterocycles. The van der Waals surface area contributed by atoms with E-state index in [-0.39, 0.29) is 18.3 Å². The second kappa shape index (κ2) is 6.50. The second-order valence-corrected chi connectivity index (χ2v) is 5.86. The molecule has 3 rings (SSSR count). The Kier molecular flexibility index (Phi) is 4.43. The van der Waals surface area contributed by atoms with Crippen LogP contribution >= 0.6 is 0 Å². The molecule has 1 unspecified atom stereocenters. The minimum absolute atomic E-state index is 0.241. The lowest BCUT2D eigenvalue weighted by Gasteiger charge is -2.11. The van der Waals surface area contributed by atoms with Gasteiger partial charge >= 0.3 is 0 Å². The molecule has 1 heterocycles. The van der Waals surface area contributed by atoms with E-state index < -0.39 is 6.10 Å². The van der Waals surface area contributed by atoms with Crippen molar-refractivity contribution in [3.05, 3.63) is 47.5 Å². The summed E-state index contributed by atoms with van der Waals surface area (Å²) in [6.07, 6.45) is 3.71. The van der Waals surface area contributed by atoms with Gasteiger partial charge < -0.3 is 10.4 Å². The Bertz CT molecular complexity index is 692. The van der Waals surface area contributed by atoms with E-state index in [0.29, 0.717) is 23.6 Å². The first kappa shape index (κ1) is 15.7. The Morgan fingerprint density at radius 1 is 1.43 bits per heavy atom. The molecule has 2 N–H and O–H groups in total. The molecule has 1 saturated carbocycles. The van der Waals surface area contributed by atoms with Gasteiger partial charge in [0, 0.05) is 6.54 Å². The fourth-order valence-corrected chi connectivity index (χ4v) is 2.65. The number of aliphatic hydroxyl groups excluding tert-OH is 1. The van der Waals surface area contributed by atoms with E-state index in [1.54, 1.807) is 16.8 Å². The molecule has 5 nitrogen and oxygen atoms in total. The van der Waals surface area contributed by atoms with Crippen molar-refractivity contribution in [2.45, 2.75) is 32.3 Å². The molecule has 1 aromatic heterocycles. The van der Waals surface area contributed by atoms with E-state index >= 15 is 0 Å². The molecule has 1 fully saturated rings. The zero-order chi connectivity index (χ0) is 16.4. The number of amides is 1. The molecule has 2 aromatic rings. The van der Waals surface area contributed by atoms with Gasteiger partial charge in [-0.25, -0.2) is 9.07 Å². The summed E-state index contributed by atoms with van der Waals surface area (Å²) in [6, 6.07) is 5.98. The first-order valence-electron chi connectivity index (χ1n) is 7.89. The minimum atomic E-state index is -0.476. The lowest BCUT2D eigenvalue weighted by atomic mass is 10.1. The quantitative estimate of drug-likeness (QED) is 0.857. The van der Waals surface area contributed by atoms with Crippen molar-refractivity contribution in [3.8, 4) is 5.69 Å². The van der Waals surface area contributed by atoms with E-state index in [1.165, 1.54) is 18.3 Å². The number of halogens is 1. The summed E-state index contributed by atoms with van der Waals surface area (Å²) >= 11 is 0. The molecule has 0 bridgehead atoms. The van der Waals surface area contributed by atoms with Crippen molar-refractivity contribution in [2.75, 3.05) is 6.54 Å². The third kappa shape index (κ3) is 3.42. The van der Waals surface area contributed by atoms with Gasteiger partial charge in [0.1, 0.15) is 5.82 Å². The fraction of sp³-hybridized carbons (Fsp3) is 0.412. The molecule has 1 aliphatic carbocycles.